The lowest BCUT2D eigenvalue weighted by Gasteiger charge is -2.07. The molecule has 2 rings (SSSR count). The Labute approximate surface area is 128 Å². The normalized spacial score (nSPS) is 11.2. The fourth-order valence-electron chi connectivity index (χ4n) is 2.14. The van der Waals surface area contributed by atoms with Crippen LogP contribution < -0.4 is 10.9 Å². The number of hydrogen-bond donors (Lipinski definition) is 1. The van der Waals surface area contributed by atoms with Gasteiger partial charge in [-0.3, -0.25) is 13.5 Å². The van der Waals surface area contributed by atoms with Crippen LogP contribution in [0.15, 0.2) is 29.1 Å². The minimum absolute atomic E-state index is 0.0517. The van der Waals surface area contributed by atoms with Gasteiger partial charge in [-0.05, 0) is 30.9 Å². The van der Waals surface area contributed by atoms with Crippen molar-refractivity contribution >= 4 is 27.5 Å². The Balaban J connectivity index is 1.81. The van der Waals surface area contributed by atoms with E-state index in [4.69, 9.17) is 0 Å². The summed E-state index contributed by atoms with van der Waals surface area (Å²) < 4.78 is 2.75. The first-order valence-electron chi connectivity index (χ1n) is 7.43. The maximum atomic E-state index is 12.1. The summed E-state index contributed by atoms with van der Waals surface area (Å²) in [4.78, 5) is 23.8. The maximum absolute atomic E-state index is 12.1. The number of carbonyl (C=O) groups is 1. The number of aryl methyl sites for hydroxylation is 1. The van der Waals surface area contributed by atoms with Gasteiger partial charge < -0.3 is 5.32 Å². The Hall–Kier alpha value is -1.62. The summed E-state index contributed by atoms with van der Waals surface area (Å²) in [6.07, 6.45) is 2.17. The lowest BCUT2D eigenvalue weighted by molar-refractivity contribution is -0.121. The second kappa shape index (κ2) is 7.41. The minimum Gasteiger partial charge on any atom is -0.356 e. The molecule has 0 saturated heterocycles. The van der Waals surface area contributed by atoms with Crippen LogP contribution in [0.4, 0.5) is 0 Å². The Morgan fingerprint density at radius 2 is 2.10 bits per heavy atom. The Bertz CT molecular complexity index is 658. The fourth-order valence-corrected chi connectivity index (χ4v) is 3.17. The molecule has 0 saturated carbocycles. The van der Waals surface area contributed by atoms with Gasteiger partial charge >= 0.3 is 0 Å². The van der Waals surface area contributed by atoms with Crippen molar-refractivity contribution in [1.82, 2.24) is 9.27 Å². The zero-order valence-electron chi connectivity index (χ0n) is 12.6. The van der Waals surface area contributed by atoms with Crippen LogP contribution in [0.3, 0.4) is 0 Å². The Kier molecular flexibility index (Phi) is 5.56. The molecule has 1 amide bonds. The molecule has 0 radical (unpaired) electrons. The van der Waals surface area contributed by atoms with E-state index in [0.717, 1.165) is 23.1 Å². The highest BCUT2D eigenvalue weighted by molar-refractivity contribution is 7.13. The van der Waals surface area contributed by atoms with Gasteiger partial charge in [0.2, 0.25) is 5.91 Å². The van der Waals surface area contributed by atoms with Crippen molar-refractivity contribution in [2.24, 2.45) is 5.92 Å². The summed E-state index contributed by atoms with van der Waals surface area (Å²) >= 11 is 1.47. The number of nitrogens with zero attached hydrogens (tertiary/aromatic N) is 1. The van der Waals surface area contributed by atoms with Crippen molar-refractivity contribution in [2.75, 3.05) is 6.54 Å². The van der Waals surface area contributed by atoms with Crippen LogP contribution in [0.1, 0.15) is 33.1 Å². The predicted molar refractivity (Wildman–Crippen MR) is 87.8 cm³/mol. The number of carbonyl (C=O) groups excluding carboxylic acids is 1. The van der Waals surface area contributed by atoms with Crippen LogP contribution in [0.2, 0.25) is 0 Å². The fraction of sp³-hybridized carbons (Fsp3) is 0.500. The van der Waals surface area contributed by atoms with Gasteiger partial charge in [-0.2, -0.15) is 0 Å². The van der Waals surface area contributed by atoms with Gasteiger partial charge in [0.05, 0.1) is 10.1 Å². The number of nitrogens with one attached hydrogen (secondary N) is 1. The van der Waals surface area contributed by atoms with Gasteiger partial charge in [0, 0.05) is 19.5 Å². The van der Waals surface area contributed by atoms with E-state index in [-0.39, 0.29) is 11.5 Å². The van der Waals surface area contributed by atoms with E-state index in [1.54, 1.807) is 3.96 Å². The molecule has 1 aromatic carbocycles. The van der Waals surface area contributed by atoms with E-state index < -0.39 is 0 Å². The molecule has 0 aliphatic carbocycles. The van der Waals surface area contributed by atoms with Crippen LogP contribution >= 0.6 is 11.5 Å². The van der Waals surface area contributed by atoms with Gasteiger partial charge in [0.1, 0.15) is 0 Å². The minimum atomic E-state index is 0.0517. The van der Waals surface area contributed by atoms with E-state index in [9.17, 15) is 9.59 Å². The standard InChI is InChI=1S/C16H22N2O2S/c1-12(2)9-10-17-15(19)8-5-11-18-16(20)13-6-3-4-7-14(13)21-18/h3-4,6-7,12H,5,8-11H2,1-2H3,(H,17,19). The highest BCUT2D eigenvalue weighted by Crippen LogP contribution is 2.16. The molecule has 0 unspecified atom stereocenters. The molecule has 4 nitrogen and oxygen atoms in total. The Morgan fingerprint density at radius 3 is 2.81 bits per heavy atom. The predicted octanol–water partition coefficient (Wildman–Crippen LogP) is 3.01. The molecule has 0 fully saturated rings. The number of rotatable bonds is 7. The lowest BCUT2D eigenvalue weighted by atomic mass is 10.1. The van der Waals surface area contributed by atoms with Gasteiger partial charge in [-0.25, -0.2) is 0 Å². The molecule has 2 aromatic rings. The van der Waals surface area contributed by atoms with Crippen LogP contribution in [0, 0.1) is 5.92 Å². The van der Waals surface area contributed by atoms with Crippen molar-refractivity contribution < 1.29 is 4.79 Å². The smallest absolute Gasteiger partial charge is 0.268 e. The molecule has 0 spiro atoms. The average Bonchev–Trinajstić information content (AvgIpc) is 2.76. The zero-order chi connectivity index (χ0) is 15.2. The second-order valence-electron chi connectivity index (χ2n) is 5.63. The molecule has 0 atom stereocenters. The van der Waals surface area contributed by atoms with E-state index in [1.165, 1.54) is 11.5 Å². The van der Waals surface area contributed by atoms with E-state index >= 15 is 0 Å². The summed E-state index contributed by atoms with van der Waals surface area (Å²) in [5, 5.41) is 3.69. The van der Waals surface area contributed by atoms with Crippen LogP contribution in [0.5, 0.6) is 0 Å². The van der Waals surface area contributed by atoms with Crippen molar-refractivity contribution in [2.45, 2.75) is 39.7 Å². The number of amides is 1. The van der Waals surface area contributed by atoms with Gasteiger partial charge in [0.15, 0.2) is 0 Å². The van der Waals surface area contributed by atoms with E-state index in [0.29, 0.717) is 25.3 Å². The summed E-state index contributed by atoms with van der Waals surface area (Å²) in [6.45, 7) is 5.62. The molecular weight excluding hydrogens is 284 g/mol. The quantitative estimate of drug-likeness (QED) is 0.855. The van der Waals surface area contributed by atoms with Crippen molar-refractivity contribution in [3.8, 4) is 0 Å². The molecule has 0 aliphatic heterocycles. The molecule has 1 aromatic heterocycles. The second-order valence-corrected chi connectivity index (χ2v) is 6.69. The van der Waals surface area contributed by atoms with Crippen molar-refractivity contribution in [3.05, 3.63) is 34.6 Å². The van der Waals surface area contributed by atoms with Gasteiger partial charge in [-0.15, -0.1) is 0 Å². The average molecular weight is 306 g/mol. The summed E-state index contributed by atoms with van der Waals surface area (Å²) in [6, 6.07) is 7.62. The van der Waals surface area contributed by atoms with Gasteiger partial charge in [-0.1, -0.05) is 37.5 Å². The summed E-state index contributed by atoms with van der Waals surface area (Å²) in [7, 11) is 0. The van der Waals surface area contributed by atoms with Crippen LogP contribution in [0.25, 0.3) is 10.1 Å². The van der Waals surface area contributed by atoms with Crippen molar-refractivity contribution in [1.29, 1.82) is 0 Å². The van der Waals surface area contributed by atoms with Crippen molar-refractivity contribution in [3.63, 3.8) is 0 Å². The van der Waals surface area contributed by atoms with E-state index in [2.05, 4.69) is 19.2 Å². The maximum Gasteiger partial charge on any atom is 0.268 e. The summed E-state index contributed by atoms with van der Waals surface area (Å²) in [5.41, 5.74) is 0.0517. The molecule has 5 heteroatoms. The molecule has 0 bridgehead atoms. The first-order chi connectivity index (χ1) is 10.1. The monoisotopic (exact) mass is 306 g/mol. The van der Waals surface area contributed by atoms with Crippen LogP contribution in [-0.4, -0.2) is 16.4 Å². The molecule has 1 N–H and O–H groups in total. The zero-order valence-corrected chi connectivity index (χ0v) is 13.4. The largest absolute Gasteiger partial charge is 0.356 e. The third-order valence-electron chi connectivity index (χ3n) is 3.36. The first kappa shape index (κ1) is 15.8. The van der Waals surface area contributed by atoms with E-state index in [1.807, 2.05) is 24.3 Å². The first-order valence-corrected chi connectivity index (χ1v) is 8.21. The highest BCUT2D eigenvalue weighted by atomic mass is 32.1. The number of benzene rings is 1. The molecule has 0 aliphatic rings. The summed E-state index contributed by atoms with van der Waals surface area (Å²) in [5.74, 6) is 0.673. The van der Waals surface area contributed by atoms with Crippen LogP contribution in [-0.2, 0) is 11.3 Å². The van der Waals surface area contributed by atoms with Gasteiger partial charge in [0.25, 0.3) is 5.56 Å². The lowest BCUT2D eigenvalue weighted by Crippen LogP contribution is -2.25. The third-order valence-corrected chi connectivity index (χ3v) is 4.48. The number of hydrogen-bond acceptors (Lipinski definition) is 3. The molecular formula is C16H22N2O2S. The molecule has 21 heavy (non-hydrogen) atoms. The topological polar surface area (TPSA) is 51.1 Å². The third kappa shape index (κ3) is 4.43. The highest BCUT2D eigenvalue weighted by Gasteiger charge is 2.07. The SMILES string of the molecule is CC(C)CCNC(=O)CCCn1sc2ccccc2c1=O. The number of fused-ring (bicyclic) bond motifs is 1. The molecule has 114 valence electrons. The Morgan fingerprint density at radius 1 is 1.33 bits per heavy atom. The molecule has 1 heterocycles. The number of aromatic nitrogens is 1.